The van der Waals surface area contributed by atoms with Gasteiger partial charge in [-0.25, -0.2) is 0 Å². The summed E-state index contributed by atoms with van der Waals surface area (Å²) < 4.78 is 1.24. The van der Waals surface area contributed by atoms with Crippen LogP contribution in [0.5, 0.6) is 0 Å². The second-order valence-corrected chi connectivity index (χ2v) is 12.0. The molecular weight excluding hydrogens is 392 g/mol. The van der Waals surface area contributed by atoms with Gasteiger partial charge < -0.3 is 0 Å². The minimum Gasteiger partial charge on any atom is -0.294 e. The van der Waals surface area contributed by atoms with Gasteiger partial charge in [0.2, 0.25) is 0 Å². The van der Waals surface area contributed by atoms with E-state index in [1.165, 1.54) is 94.1 Å². The molecule has 0 aliphatic heterocycles. The molecule has 1 nitrogen and oxygen atoms in total. The van der Waals surface area contributed by atoms with Crippen molar-refractivity contribution in [2.24, 2.45) is 5.41 Å². The summed E-state index contributed by atoms with van der Waals surface area (Å²) in [6.45, 7) is 10.6. The Morgan fingerprint density at radius 2 is 1.41 bits per heavy atom. The Bertz CT molecular complexity index is 541. The first-order chi connectivity index (χ1) is 13.9. The van der Waals surface area contributed by atoms with Crippen LogP contribution in [0.2, 0.25) is 0 Å². The molecule has 29 heavy (non-hydrogen) atoms. The van der Waals surface area contributed by atoms with Crippen molar-refractivity contribution < 1.29 is 4.79 Å². The molecule has 1 aromatic rings. The number of carbonyl (C=O) groups is 1. The van der Waals surface area contributed by atoms with Crippen molar-refractivity contribution in [2.45, 2.75) is 134 Å². The molecule has 1 unspecified atom stereocenters. The van der Waals surface area contributed by atoms with E-state index in [0.29, 0.717) is 5.25 Å². The number of carbonyl (C=O) groups excluding carboxylic acids is 1. The molecule has 0 fully saturated rings. The standard InChI is InChI=1S/C26H46OS2/c1-6-8-9-10-11-12-13-14-15-16-17-19-22(18-7-2)29-25-23(20-21-28-25)24(27)26(3,4)5/h20-22H,6-19H2,1-5H3. The average Bonchev–Trinajstić information content (AvgIpc) is 3.12. The van der Waals surface area contributed by atoms with Crippen molar-refractivity contribution in [3.63, 3.8) is 0 Å². The Hall–Kier alpha value is -0.280. The quantitative estimate of drug-likeness (QED) is 0.137. The highest BCUT2D eigenvalue weighted by molar-refractivity contribution is 8.01. The fourth-order valence-corrected chi connectivity index (χ4v) is 6.37. The number of Topliss-reactive ketones (excluding diaryl/α,β-unsaturated/α-hetero) is 1. The predicted octanol–water partition coefficient (Wildman–Crippen LogP) is 9.94. The highest BCUT2D eigenvalue weighted by Crippen LogP contribution is 2.38. The molecule has 1 rings (SSSR count). The topological polar surface area (TPSA) is 17.1 Å². The number of thioether (sulfide) groups is 1. The van der Waals surface area contributed by atoms with Gasteiger partial charge in [-0.05, 0) is 24.3 Å². The molecule has 0 saturated heterocycles. The SMILES string of the molecule is CCCCCCCCCCCCCC(CCC)Sc1sccc1C(=O)C(C)(C)C. The summed E-state index contributed by atoms with van der Waals surface area (Å²) in [5.74, 6) is 0.284. The molecule has 1 atom stereocenters. The van der Waals surface area contributed by atoms with Crippen LogP contribution in [-0.4, -0.2) is 11.0 Å². The van der Waals surface area contributed by atoms with Gasteiger partial charge in [0.1, 0.15) is 0 Å². The van der Waals surface area contributed by atoms with Crippen LogP contribution in [0, 0.1) is 5.41 Å². The summed E-state index contributed by atoms with van der Waals surface area (Å²) in [5.41, 5.74) is 0.652. The van der Waals surface area contributed by atoms with E-state index in [1.807, 2.05) is 38.6 Å². The molecule has 1 aromatic heterocycles. The van der Waals surface area contributed by atoms with Crippen LogP contribution in [-0.2, 0) is 0 Å². The van der Waals surface area contributed by atoms with Gasteiger partial charge in [-0.2, -0.15) is 0 Å². The fourth-order valence-electron chi connectivity index (χ4n) is 3.73. The summed E-state index contributed by atoms with van der Waals surface area (Å²) in [5, 5.41) is 2.75. The van der Waals surface area contributed by atoms with Crippen LogP contribution in [0.4, 0.5) is 0 Å². The molecular formula is C26H46OS2. The lowest BCUT2D eigenvalue weighted by Gasteiger charge is -2.19. The lowest BCUT2D eigenvalue weighted by atomic mass is 9.88. The first-order valence-electron chi connectivity index (χ1n) is 12.2. The smallest absolute Gasteiger partial charge is 0.170 e. The first kappa shape index (κ1) is 26.8. The van der Waals surface area contributed by atoms with Crippen molar-refractivity contribution >= 4 is 28.9 Å². The van der Waals surface area contributed by atoms with Crippen LogP contribution >= 0.6 is 23.1 Å². The zero-order valence-electron chi connectivity index (χ0n) is 19.9. The Kier molecular flexibility index (Phi) is 14.3. The zero-order chi connectivity index (χ0) is 21.5. The molecule has 1 heterocycles. The third-order valence-corrected chi connectivity index (χ3v) is 8.09. The fraction of sp³-hybridized carbons (Fsp3) is 0.808. The largest absolute Gasteiger partial charge is 0.294 e. The summed E-state index contributed by atoms with van der Waals surface area (Å²) in [6, 6.07) is 2.03. The van der Waals surface area contributed by atoms with Gasteiger partial charge in [-0.1, -0.05) is 112 Å². The average molecular weight is 439 g/mol. The minimum atomic E-state index is -0.299. The molecule has 0 saturated carbocycles. The number of thiophene rings is 1. The highest BCUT2D eigenvalue weighted by atomic mass is 32.2. The van der Waals surface area contributed by atoms with Gasteiger partial charge in [-0.15, -0.1) is 23.1 Å². The van der Waals surface area contributed by atoms with Crippen LogP contribution < -0.4 is 0 Å². The summed E-state index contributed by atoms with van der Waals surface area (Å²) in [6.07, 6.45) is 19.2. The van der Waals surface area contributed by atoms with Gasteiger partial charge in [0.05, 0.1) is 4.21 Å². The Morgan fingerprint density at radius 3 is 1.93 bits per heavy atom. The Labute approximate surface area is 189 Å². The third kappa shape index (κ3) is 11.6. The van der Waals surface area contributed by atoms with E-state index in [2.05, 4.69) is 19.2 Å². The zero-order valence-corrected chi connectivity index (χ0v) is 21.5. The molecule has 0 aliphatic carbocycles. The molecule has 0 amide bonds. The summed E-state index contributed by atoms with van der Waals surface area (Å²) in [4.78, 5) is 12.7. The van der Waals surface area contributed by atoms with E-state index in [-0.39, 0.29) is 11.2 Å². The molecule has 0 aliphatic rings. The van der Waals surface area contributed by atoms with Crippen molar-refractivity contribution in [1.82, 2.24) is 0 Å². The number of hydrogen-bond donors (Lipinski definition) is 0. The van der Waals surface area contributed by atoms with E-state index >= 15 is 0 Å². The maximum absolute atomic E-state index is 12.7. The third-order valence-electron chi connectivity index (χ3n) is 5.57. The van der Waals surface area contributed by atoms with E-state index in [1.54, 1.807) is 11.3 Å². The van der Waals surface area contributed by atoms with Crippen molar-refractivity contribution in [2.75, 3.05) is 0 Å². The summed E-state index contributed by atoms with van der Waals surface area (Å²) in [7, 11) is 0. The Balaban J connectivity index is 2.28. The molecule has 0 spiro atoms. The van der Waals surface area contributed by atoms with E-state index in [0.717, 1.165) is 5.56 Å². The van der Waals surface area contributed by atoms with Crippen molar-refractivity contribution in [3.8, 4) is 0 Å². The van der Waals surface area contributed by atoms with Gasteiger partial charge in [0, 0.05) is 16.2 Å². The minimum absolute atomic E-state index is 0.284. The number of unbranched alkanes of at least 4 members (excludes halogenated alkanes) is 10. The molecule has 0 radical (unpaired) electrons. The van der Waals surface area contributed by atoms with Gasteiger partial charge in [0.15, 0.2) is 5.78 Å². The van der Waals surface area contributed by atoms with E-state index in [9.17, 15) is 4.79 Å². The Morgan fingerprint density at radius 1 is 0.862 bits per heavy atom. The lowest BCUT2D eigenvalue weighted by Crippen LogP contribution is -2.20. The summed E-state index contributed by atoms with van der Waals surface area (Å²) >= 11 is 3.72. The monoisotopic (exact) mass is 438 g/mol. The van der Waals surface area contributed by atoms with E-state index < -0.39 is 0 Å². The normalized spacial score (nSPS) is 13.0. The van der Waals surface area contributed by atoms with Crippen LogP contribution in [0.15, 0.2) is 15.7 Å². The second-order valence-electron chi connectivity index (χ2n) is 9.55. The van der Waals surface area contributed by atoms with Crippen molar-refractivity contribution in [3.05, 3.63) is 17.0 Å². The predicted molar refractivity (Wildman–Crippen MR) is 134 cm³/mol. The maximum atomic E-state index is 12.7. The number of ketones is 1. The number of rotatable bonds is 17. The van der Waals surface area contributed by atoms with Crippen molar-refractivity contribution in [1.29, 1.82) is 0 Å². The van der Waals surface area contributed by atoms with Gasteiger partial charge >= 0.3 is 0 Å². The molecule has 0 bridgehead atoms. The molecule has 0 N–H and O–H groups in total. The molecule has 0 aromatic carbocycles. The highest BCUT2D eigenvalue weighted by Gasteiger charge is 2.26. The van der Waals surface area contributed by atoms with Crippen LogP contribution in [0.25, 0.3) is 0 Å². The van der Waals surface area contributed by atoms with Crippen LogP contribution in [0.1, 0.15) is 135 Å². The van der Waals surface area contributed by atoms with E-state index in [4.69, 9.17) is 0 Å². The number of hydrogen-bond acceptors (Lipinski definition) is 3. The van der Waals surface area contributed by atoms with Crippen LogP contribution in [0.3, 0.4) is 0 Å². The first-order valence-corrected chi connectivity index (χ1v) is 13.9. The molecule has 3 heteroatoms. The van der Waals surface area contributed by atoms with Gasteiger partial charge in [0.25, 0.3) is 0 Å². The lowest BCUT2D eigenvalue weighted by molar-refractivity contribution is 0.0856. The molecule has 168 valence electrons. The van der Waals surface area contributed by atoms with Gasteiger partial charge in [-0.3, -0.25) is 4.79 Å². The maximum Gasteiger partial charge on any atom is 0.170 e. The second kappa shape index (κ2) is 15.5.